The molecule has 3 heterocycles. The number of carbonyl (C=O) groups is 1. The summed E-state index contributed by atoms with van der Waals surface area (Å²) in [5.74, 6) is -2.99. The number of nitrogens with zero attached hydrogens (tertiary/aromatic N) is 1. The second-order valence-electron chi connectivity index (χ2n) is 7.53. The van der Waals surface area contributed by atoms with E-state index in [9.17, 15) is 36.2 Å². The maximum atomic E-state index is 13.1. The number of benzene rings is 1. The van der Waals surface area contributed by atoms with Crippen LogP contribution in [0.4, 0.5) is 32.2 Å². The van der Waals surface area contributed by atoms with Gasteiger partial charge in [0.15, 0.2) is 0 Å². The molecule has 0 saturated carbocycles. The molecule has 0 aliphatic carbocycles. The minimum absolute atomic E-state index is 0.0915. The molecule has 1 aromatic heterocycles. The third-order valence-corrected chi connectivity index (χ3v) is 5.57. The molecule has 2 fully saturated rings. The summed E-state index contributed by atoms with van der Waals surface area (Å²) < 4.78 is 83.8. The van der Waals surface area contributed by atoms with Gasteiger partial charge in [-0.2, -0.15) is 26.3 Å². The Labute approximate surface area is 172 Å². The summed E-state index contributed by atoms with van der Waals surface area (Å²) >= 11 is 0. The third kappa shape index (κ3) is 4.11. The highest BCUT2D eigenvalue weighted by Crippen LogP contribution is 2.50. The molecule has 0 radical (unpaired) electrons. The lowest BCUT2D eigenvalue weighted by atomic mass is 9.73. The summed E-state index contributed by atoms with van der Waals surface area (Å²) in [5.41, 5.74) is -1.77. The van der Waals surface area contributed by atoms with Crippen LogP contribution in [0.25, 0.3) is 0 Å². The molecule has 2 aliphatic heterocycles. The Morgan fingerprint density at radius 3 is 2.42 bits per heavy atom. The zero-order valence-electron chi connectivity index (χ0n) is 15.6. The smallest absolute Gasteiger partial charge is 0.390 e. The molecule has 1 amide bonds. The SMILES string of the molecule is O=C(Nc1cc(C(F)(F)F)ccn1)[C@@H]1[C@@H](c2cccc(C(F)(F)F)c2)[C@H]2O[C@@H]1C[C@@H]2O. The fourth-order valence-corrected chi connectivity index (χ4v) is 4.25. The first kappa shape index (κ1) is 21.6. The van der Waals surface area contributed by atoms with Gasteiger partial charge in [-0.25, -0.2) is 4.98 Å². The minimum atomic E-state index is -4.64. The Kier molecular flexibility index (Phi) is 5.21. The zero-order valence-corrected chi connectivity index (χ0v) is 15.6. The van der Waals surface area contributed by atoms with Crippen molar-refractivity contribution in [3.63, 3.8) is 0 Å². The number of amides is 1. The Bertz CT molecular complexity index is 993. The standard InChI is InChI=1S/C20H16F6N2O3/c21-19(22,23)10-3-1-2-9(6-10)15-16(13-8-12(29)17(15)31-13)18(30)28-14-7-11(4-5-27-14)20(24,25)26/h1-7,12-13,15-17,29H,8H2,(H,27,28,30)/t12-,13+,15+,16-,17-/m0/s1. The number of rotatable bonds is 3. The van der Waals surface area contributed by atoms with E-state index in [4.69, 9.17) is 4.74 Å². The van der Waals surface area contributed by atoms with Gasteiger partial charge in [0.1, 0.15) is 5.82 Å². The van der Waals surface area contributed by atoms with Crippen LogP contribution >= 0.6 is 0 Å². The van der Waals surface area contributed by atoms with Gasteiger partial charge in [-0.15, -0.1) is 0 Å². The Morgan fingerprint density at radius 2 is 1.74 bits per heavy atom. The van der Waals surface area contributed by atoms with E-state index in [0.717, 1.165) is 24.4 Å². The molecule has 2 bridgehead atoms. The van der Waals surface area contributed by atoms with E-state index in [1.54, 1.807) is 0 Å². The average Bonchev–Trinajstić information content (AvgIpc) is 3.24. The second kappa shape index (κ2) is 7.49. The number of carbonyl (C=O) groups excluding carboxylic acids is 1. The van der Waals surface area contributed by atoms with Gasteiger partial charge in [0.2, 0.25) is 5.91 Å². The predicted molar refractivity (Wildman–Crippen MR) is 94.8 cm³/mol. The normalized spacial score (nSPS) is 28.0. The van der Waals surface area contributed by atoms with Crippen LogP contribution in [0.1, 0.15) is 29.0 Å². The number of anilines is 1. The first-order valence-electron chi connectivity index (χ1n) is 9.30. The highest BCUT2D eigenvalue weighted by atomic mass is 19.4. The number of aliphatic hydroxyl groups excluding tert-OH is 1. The lowest BCUT2D eigenvalue weighted by molar-refractivity contribution is -0.138. The van der Waals surface area contributed by atoms with Crippen LogP contribution < -0.4 is 5.32 Å². The topological polar surface area (TPSA) is 71.5 Å². The lowest BCUT2D eigenvalue weighted by Gasteiger charge is -2.30. The molecule has 4 rings (SSSR count). The number of aliphatic hydroxyl groups is 1. The number of alkyl halides is 6. The molecule has 2 aromatic rings. The van der Waals surface area contributed by atoms with Gasteiger partial charge in [0.05, 0.1) is 35.4 Å². The third-order valence-electron chi connectivity index (χ3n) is 5.57. The van der Waals surface area contributed by atoms with Crippen molar-refractivity contribution in [2.24, 2.45) is 5.92 Å². The highest BCUT2D eigenvalue weighted by Gasteiger charge is 2.57. The largest absolute Gasteiger partial charge is 0.416 e. The molecule has 11 heteroatoms. The molecule has 166 valence electrons. The number of aromatic nitrogens is 1. The van der Waals surface area contributed by atoms with Crippen molar-refractivity contribution < 1.29 is 41.0 Å². The van der Waals surface area contributed by atoms with Crippen molar-refractivity contribution in [3.8, 4) is 0 Å². The predicted octanol–water partition coefficient (Wildman–Crippen LogP) is 3.99. The Morgan fingerprint density at radius 1 is 1.06 bits per heavy atom. The van der Waals surface area contributed by atoms with Crippen molar-refractivity contribution in [1.82, 2.24) is 4.98 Å². The molecule has 31 heavy (non-hydrogen) atoms. The van der Waals surface area contributed by atoms with Gasteiger partial charge in [-0.1, -0.05) is 18.2 Å². The van der Waals surface area contributed by atoms with E-state index in [2.05, 4.69) is 10.3 Å². The average molecular weight is 446 g/mol. The molecule has 5 atom stereocenters. The number of ether oxygens (including phenoxy) is 1. The van der Waals surface area contributed by atoms with Crippen LogP contribution in [-0.4, -0.2) is 34.3 Å². The summed E-state index contributed by atoms with van der Waals surface area (Å²) in [7, 11) is 0. The van der Waals surface area contributed by atoms with E-state index < -0.39 is 59.5 Å². The van der Waals surface area contributed by atoms with Crippen molar-refractivity contribution in [2.75, 3.05) is 5.32 Å². The van der Waals surface area contributed by atoms with Crippen LogP contribution in [0.15, 0.2) is 42.6 Å². The van der Waals surface area contributed by atoms with Crippen molar-refractivity contribution >= 4 is 11.7 Å². The monoisotopic (exact) mass is 446 g/mol. The molecule has 5 nitrogen and oxygen atoms in total. The van der Waals surface area contributed by atoms with Crippen LogP contribution in [0.5, 0.6) is 0 Å². The maximum Gasteiger partial charge on any atom is 0.416 e. The van der Waals surface area contributed by atoms with Gasteiger partial charge in [-0.05, 0) is 23.8 Å². The fourth-order valence-electron chi connectivity index (χ4n) is 4.25. The van der Waals surface area contributed by atoms with Gasteiger partial charge in [0.25, 0.3) is 0 Å². The summed E-state index contributed by atoms with van der Waals surface area (Å²) in [4.78, 5) is 16.6. The molecule has 1 aromatic carbocycles. The number of fused-ring (bicyclic) bond motifs is 2. The van der Waals surface area contributed by atoms with Crippen LogP contribution in [0.3, 0.4) is 0 Å². The van der Waals surface area contributed by atoms with E-state index >= 15 is 0 Å². The lowest BCUT2D eigenvalue weighted by Crippen LogP contribution is -2.41. The summed E-state index contributed by atoms with van der Waals surface area (Å²) in [6, 6.07) is 5.79. The number of pyridine rings is 1. The zero-order chi connectivity index (χ0) is 22.6. The quantitative estimate of drug-likeness (QED) is 0.700. The van der Waals surface area contributed by atoms with Crippen LogP contribution in [0.2, 0.25) is 0 Å². The number of hydrogen-bond acceptors (Lipinski definition) is 4. The van der Waals surface area contributed by atoms with Gasteiger partial charge in [0, 0.05) is 18.5 Å². The molecule has 2 N–H and O–H groups in total. The van der Waals surface area contributed by atoms with Crippen molar-refractivity contribution in [3.05, 3.63) is 59.3 Å². The van der Waals surface area contributed by atoms with Gasteiger partial charge >= 0.3 is 12.4 Å². The summed E-state index contributed by atoms with van der Waals surface area (Å²) in [5, 5.41) is 12.5. The molecule has 2 aliphatic rings. The van der Waals surface area contributed by atoms with E-state index in [1.165, 1.54) is 12.1 Å². The van der Waals surface area contributed by atoms with Crippen LogP contribution in [0, 0.1) is 5.92 Å². The van der Waals surface area contributed by atoms with Gasteiger partial charge in [-0.3, -0.25) is 4.79 Å². The Balaban J connectivity index is 1.63. The maximum absolute atomic E-state index is 13.1. The van der Waals surface area contributed by atoms with E-state index in [-0.39, 0.29) is 17.8 Å². The molecule has 0 spiro atoms. The first-order valence-corrected chi connectivity index (χ1v) is 9.30. The number of hydrogen-bond donors (Lipinski definition) is 2. The number of nitrogens with one attached hydrogen (secondary N) is 1. The molecule has 2 saturated heterocycles. The number of halogens is 6. The summed E-state index contributed by atoms with van der Waals surface area (Å²) in [6.07, 6.45) is -10.9. The van der Waals surface area contributed by atoms with Crippen molar-refractivity contribution in [1.29, 1.82) is 0 Å². The van der Waals surface area contributed by atoms with Crippen molar-refractivity contribution in [2.45, 2.75) is 43.0 Å². The van der Waals surface area contributed by atoms with Crippen LogP contribution in [-0.2, 0) is 21.9 Å². The fraction of sp³-hybridized carbons (Fsp3) is 0.400. The molecule has 0 unspecified atom stereocenters. The van der Waals surface area contributed by atoms with Gasteiger partial charge < -0.3 is 15.2 Å². The summed E-state index contributed by atoms with van der Waals surface area (Å²) in [6.45, 7) is 0. The molecular weight excluding hydrogens is 430 g/mol. The second-order valence-corrected chi connectivity index (χ2v) is 7.53. The Hall–Kier alpha value is -2.66. The minimum Gasteiger partial charge on any atom is -0.390 e. The molecular formula is C20H16F6N2O3. The highest BCUT2D eigenvalue weighted by molar-refractivity contribution is 5.93. The first-order chi connectivity index (χ1) is 14.4. The van der Waals surface area contributed by atoms with E-state index in [0.29, 0.717) is 6.07 Å². The van der Waals surface area contributed by atoms with E-state index in [1.807, 2.05) is 0 Å².